The third kappa shape index (κ3) is 3.35. The molecule has 0 unspecified atom stereocenters. The van der Waals surface area contributed by atoms with Crippen LogP contribution in [0.1, 0.15) is 10.4 Å². The molecule has 0 aliphatic rings. The van der Waals surface area contributed by atoms with Crippen LogP contribution in [0.4, 0.5) is 10.1 Å². The second-order valence-electron chi connectivity index (χ2n) is 5.36. The van der Waals surface area contributed by atoms with Gasteiger partial charge in [0.25, 0.3) is 5.91 Å². The minimum absolute atomic E-state index is 0.0274. The number of anilines is 1. The van der Waals surface area contributed by atoms with E-state index in [1.807, 2.05) is 0 Å². The van der Waals surface area contributed by atoms with Gasteiger partial charge in [0.2, 0.25) is 10.0 Å². The summed E-state index contributed by atoms with van der Waals surface area (Å²) in [5.41, 5.74) is 0.401. The Labute approximate surface area is 148 Å². The van der Waals surface area contributed by atoms with E-state index in [9.17, 15) is 17.6 Å². The van der Waals surface area contributed by atoms with Crippen molar-refractivity contribution in [3.63, 3.8) is 0 Å². The van der Waals surface area contributed by atoms with Crippen LogP contribution in [0.15, 0.2) is 53.6 Å². The van der Waals surface area contributed by atoms with Gasteiger partial charge in [-0.25, -0.2) is 17.9 Å². The number of aromatic nitrogens is 1. The van der Waals surface area contributed by atoms with Crippen LogP contribution in [0.25, 0.3) is 10.9 Å². The Morgan fingerprint density at radius 2 is 2.00 bits per heavy atom. The van der Waals surface area contributed by atoms with Gasteiger partial charge in [0.05, 0.1) is 23.3 Å². The van der Waals surface area contributed by atoms with Gasteiger partial charge in [0.15, 0.2) is 0 Å². The number of hydrogen-bond acceptors (Lipinski definition) is 5. The number of carbonyl (C=O) groups excluding carboxylic acids is 1. The van der Waals surface area contributed by atoms with Crippen LogP contribution in [-0.2, 0) is 10.0 Å². The Bertz CT molecular complexity index is 1120. The number of nitrogens with one attached hydrogen (secondary N) is 1. The van der Waals surface area contributed by atoms with E-state index in [4.69, 9.17) is 9.88 Å². The maximum atomic E-state index is 13.9. The molecule has 0 radical (unpaired) electrons. The molecule has 1 amide bonds. The van der Waals surface area contributed by atoms with Crippen molar-refractivity contribution < 1.29 is 22.3 Å². The topological polar surface area (TPSA) is 111 Å². The van der Waals surface area contributed by atoms with E-state index in [1.165, 1.54) is 43.6 Å². The Morgan fingerprint density at radius 3 is 2.69 bits per heavy atom. The molecule has 0 atom stereocenters. The fraction of sp³-hybridized carbons (Fsp3) is 0.0588. The van der Waals surface area contributed by atoms with Crippen molar-refractivity contribution >= 4 is 32.5 Å². The SMILES string of the molecule is COc1ccc(S(N)(=O)=O)cc1C(=O)Nc1ccnc2c(F)cccc12. The van der Waals surface area contributed by atoms with Crippen molar-refractivity contribution in [3.05, 3.63) is 60.0 Å². The molecule has 9 heteroatoms. The standard InChI is InChI=1S/C17H14FN3O4S/c1-25-15-6-5-10(26(19,23)24)9-12(15)17(22)21-14-7-8-20-16-11(14)3-2-4-13(16)18/h2-9H,1H3,(H2,19,23,24)(H,20,21,22). The third-order valence-corrected chi connectivity index (χ3v) is 4.63. The van der Waals surface area contributed by atoms with E-state index in [1.54, 1.807) is 6.07 Å². The van der Waals surface area contributed by atoms with E-state index in [2.05, 4.69) is 10.3 Å². The Kier molecular flexibility index (Phi) is 4.58. The fourth-order valence-corrected chi connectivity index (χ4v) is 3.02. The number of nitrogens with two attached hydrogens (primary N) is 1. The average Bonchev–Trinajstić information content (AvgIpc) is 2.61. The molecule has 2 aromatic carbocycles. The van der Waals surface area contributed by atoms with E-state index in [-0.39, 0.29) is 21.7 Å². The highest BCUT2D eigenvalue weighted by atomic mass is 32.2. The number of para-hydroxylation sites is 1. The molecule has 0 fully saturated rings. The molecule has 26 heavy (non-hydrogen) atoms. The summed E-state index contributed by atoms with van der Waals surface area (Å²) in [5, 5.41) is 8.14. The molecule has 0 spiro atoms. The largest absolute Gasteiger partial charge is 0.496 e. The minimum Gasteiger partial charge on any atom is -0.496 e. The van der Waals surface area contributed by atoms with Crippen LogP contribution in [0.5, 0.6) is 5.75 Å². The molecule has 0 bridgehead atoms. The Morgan fingerprint density at radius 1 is 1.23 bits per heavy atom. The summed E-state index contributed by atoms with van der Waals surface area (Å²) >= 11 is 0. The van der Waals surface area contributed by atoms with Gasteiger partial charge < -0.3 is 10.1 Å². The molecule has 3 rings (SSSR count). The number of carbonyl (C=O) groups is 1. The lowest BCUT2D eigenvalue weighted by atomic mass is 10.1. The molecule has 0 aliphatic carbocycles. The number of rotatable bonds is 4. The van der Waals surface area contributed by atoms with Crippen LogP contribution in [-0.4, -0.2) is 26.4 Å². The molecule has 0 saturated carbocycles. The van der Waals surface area contributed by atoms with Crippen molar-refractivity contribution in [1.29, 1.82) is 0 Å². The summed E-state index contributed by atoms with van der Waals surface area (Å²) < 4.78 is 42.0. The van der Waals surface area contributed by atoms with Gasteiger partial charge in [-0.3, -0.25) is 9.78 Å². The first-order valence-electron chi connectivity index (χ1n) is 7.36. The maximum Gasteiger partial charge on any atom is 0.259 e. The first-order valence-corrected chi connectivity index (χ1v) is 8.91. The molecule has 7 nitrogen and oxygen atoms in total. The fourth-order valence-electron chi connectivity index (χ4n) is 2.48. The lowest BCUT2D eigenvalue weighted by Gasteiger charge is -2.12. The molecular weight excluding hydrogens is 361 g/mol. The van der Waals surface area contributed by atoms with Crippen LogP contribution in [0.2, 0.25) is 0 Å². The number of halogens is 1. The van der Waals surface area contributed by atoms with Crippen LogP contribution >= 0.6 is 0 Å². The smallest absolute Gasteiger partial charge is 0.259 e. The van der Waals surface area contributed by atoms with Gasteiger partial charge in [-0.05, 0) is 30.3 Å². The molecule has 3 aromatic rings. The number of sulfonamides is 1. The zero-order valence-corrected chi connectivity index (χ0v) is 14.4. The molecular formula is C17H14FN3O4S. The van der Waals surface area contributed by atoms with E-state index in [0.717, 1.165) is 6.07 Å². The predicted molar refractivity (Wildman–Crippen MR) is 94.0 cm³/mol. The molecule has 3 N–H and O–H groups in total. The van der Waals surface area contributed by atoms with Gasteiger partial charge in [0, 0.05) is 11.6 Å². The maximum absolute atomic E-state index is 13.9. The lowest BCUT2D eigenvalue weighted by Crippen LogP contribution is -2.17. The third-order valence-electron chi connectivity index (χ3n) is 3.71. The van der Waals surface area contributed by atoms with Crippen LogP contribution < -0.4 is 15.2 Å². The summed E-state index contributed by atoms with van der Waals surface area (Å²) in [6.07, 6.45) is 1.36. The Hall–Kier alpha value is -3.04. The second-order valence-corrected chi connectivity index (χ2v) is 6.92. The van der Waals surface area contributed by atoms with E-state index < -0.39 is 21.7 Å². The molecule has 134 valence electrons. The highest BCUT2D eigenvalue weighted by Crippen LogP contribution is 2.26. The van der Waals surface area contributed by atoms with Crippen molar-refractivity contribution in [2.45, 2.75) is 4.90 Å². The number of pyridine rings is 1. The number of nitrogens with zero attached hydrogens (tertiary/aromatic N) is 1. The summed E-state index contributed by atoms with van der Waals surface area (Å²) in [4.78, 5) is 16.4. The van der Waals surface area contributed by atoms with Gasteiger partial charge in [0.1, 0.15) is 17.1 Å². The number of primary sulfonamides is 1. The summed E-state index contributed by atoms with van der Waals surface area (Å²) in [6, 6.07) is 9.57. The van der Waals surface area contributed by atoms with Crippen LogP contribution in [0.3, 0.4) is 0 Å². The van der Waals surface area contributed by atoms with Crippen molar-refractivity contribution in [2.75, 3.05) is 12.4 Å². The number of ether oxygens (including phenoxy) is 1. The first-order chi connectivity index (χ1) is 12.3. The van der Waals surface area contributed by atoms with Gasteiger partial charge in [-0.15, -0.1) is 0 Å². The van der Waals surface area contributed by atoms with Gasteiger partial charge >= 0.3 is 0 Å². The van der Waals surface area contributed by atoms with Gasteiger partial charge in [-0.2, -0.15) is 0 Å². The highest BCUT2D eigenvalue weighted by molar-refractivity contribution is 7.89. The first kappa shape index (κ1) is 17.8. The number of methoxy groups -OCH3 is 1. The molecule has 1 heterocycles. The number of amides is 1. The second kappa shape index (κ2) is 6.70. The monoisotopic (exact) mass is 375 g/mol. The summed E-state index contributed by atoms with van der Waals surface area (Å²) in [7, 11) is -2.64. The zero-order chi connectivity index (χ0) is 18.9. The average molecular weight is 375 g/mol. The zero-order valence-electron chi connectivity index (χ0n) is 13.6. The van der Waals surface area contributed by atoms with Crippen LogP contribution in [0, 0.1) is 5.82 Å². The molecule has 0 saturated heterocycles. The number of hydrogen-bond donors (Lipinski definition) is 2. The molecule has 1 aromatic heterocycles. The number of fused-ring (bicyclic) bond motifs is 1. The summed E-state index contributed by atoms with van der Waals surface area (Å²) in [5.74, 6) is -0.990. The van der Waals surface area contributed by atoms with Crippen molar-refractivity contribution in [3.8, 4) is 5.75 Å². The predicted octanol–water partition coefficient (Wildman–Crippen LogP) is 2.28. The lowest BCUT2D eigenvalue weighted by molar-refractivity contribution is 0.102. The van der Waals surface area contributed by atoms with Gasteiger partial charge in [-0.1, -0.05) is 12.1 Å². The normalized spacial score (nSPS) is 11.3. The van der Waals surface area contributed by atoms with Crippen molar-refractivity contribution in [1.82, 2.24) is 4.98 Å². The van der Waals surface area contributed by atoms with E-state index >= 15 is 0 Å². The number of benzene rings is 2. The van der Waals surface area contributed by atoms with E-state index in [0.29, 0.717) is 11.1 Å². The Balaban J connectivity index is 2.05. The molecule has 0 aliphatic heterocycles. The highest BCUT2D eigenvalue weighted by Gasteiger charge is 2.18. The minimum atomic E-state index is -3.99. The van der Waals surface area contributed by atoms with Crippen molar-refractivity contribution in [2.24, 2.45) is 5.14 Å². The quantitative estimate of drug-likeness (QED) is 0.727. The summed E-state index contributed by atoms with van der Waals surface area (Å²) in [6.45, 7) is 0.